The molecule has 0 radical (unpaired) electrons. The number of benzene rings is 2. The van der Waals surface area contributed by atoms with Crippen molar-refractivity contribution in [3.63, 3.8) is 0 Å². The minimum absolute atomic E-state index is 0.00576. The maximum absolute atomic E-state index is 13.4. The van der Waals surface area contributed by atoms with Gasteiger partial charge < -0.3 is 9.64 Å². The third kappa shape index (κ3) is 3.47. The van der Waals surface area contributed by atoms with Gasteiger partial charge in [0.15, 0.2) is 6.10 Å². The number of carbonyl (C=O) groups is 1. The molecule has 2 N–H and O–H groups in total. The summed E-state index contributed by atoms with van der Waals surface area (Å²) in [6.45, 7) is 1.94. The summed E-state index contributed by atoms with van der Waals surface area (Å²) in [6.07, 6.45) is 2.17. The van der Waals surface area contributed by atoms with Gasteiger partial charge in [0, 0.05) is 29.9 Å². The molecule has 1 aromatic heterocycles. The molecule has 0 bridgehead atoms. The molecular formula is C23H21N3O4S. The maximum atomic E-state index is 13.4. The van der Waals surface area contributed by atoms with E-state index in [-0.39, 0.29) is 16.8 Å². The van der Waals surface area contributed by atoms with Crippen LogP contribution in [0.25, 0.3) is 11.3 Å². The van der Waals surface area contributed by atoms with E-state index >= 15 is 0 Å². The number of nitrogens with two attached hydrogens (primary N) is 1. The number of carbonyl (C=O) groups excluding carboxylic acids is 1. The van der Waals surface area contributed by atoms with Crippen molar-refractivity contribution in [1.82, 2.24) is 4.98 Å². The Morgan fingerprint density at radius 3 is 2.68 bits per heavy atom. The highest BCUT2D eigenvalue weighted by molar-refractivity contribution is 7.89. The van der Waals surface area contributed by atoms with E-state index < -0.39 is 16.1 Å². The number of aromatic nitrogens is 1. The molecule has 0 unspecified atom stereocenters. The molecule has 158 valence electrons. The monoisotopic (exact) mass is 435 g/mol. The molecule has 31 heavy (non-hydrogen) atoms. The van der Waals surface area contributed by atoms with Crippen molar-refractivity contribution in [2.75, 3.05) is 4.90 Å². The van der Waals surface area contributed by atoms with Gasteiger partial charge in [-0.1, -0.05) is 12.1 Å². The van der Waals surface area contributed by atoms with Crippen LogP contribution in [-0.2, 0) is 27.7 Å². The summed E-state index contributed by atoms with van der Waals surface area (Å²) in [7, 11) is -3.86. The molecule has 2 atom stereocenters. The van der Waals surface area contributed by atoms with Gasteiger partial charge in [-0.25, -0.2) is 13.6 Å². The molecule has 5 rings (SSSR count). The number of rotatable bonds is 3. The standard InChI is InChI=1S/C23H21N3O4S/c1-14-10-16-5-7-18(31(24,28)29)13-20(16)26(14)23(27)22-12-17-11-15(6-8-21(17)30-22)19-4-2-3-9-25-19/h2-9,11,13-14,22H,10,12H2,1H3,(H2,24,28,29)/t14-,22+/m0/s1. The van der Waals surface area contributed by atoms with Gasteiger partial charge in [0.05, 0.1) is 10.6 Å². The first-order valence-corrected chi connectivity index (χ1v) is 11.6. The summed E-state index contributed by atoms with van der Waals surface area (Å²) in [4.78, 5) is 19.4. The molecule has 0 spiro atoms. The Morgan fingerprint density at radius 1 is 1.10 bits per heavy atom. The van der Waals surface area contributed by atoms with Crippen molar-refractivity contribution in [3.05, 3.63) is 71.9 Å². The van der Waals surface area contributed by atoms with Crippen molar-refractivity contribution >= 4 is 21.6 Å². The van der Waals surface area contributed by atoms with Crippen molar-refractivity contribution in [1.29, 1.82) is 0 Å². The lowest BCUT2D eigenvalue weighted by molar-refractivity contribution is -0.124. The molecule has 3 aromatic rings. The topological polar surface area (TPSA) is 103 Å². The van der Waals surface area contributed by atoms with Crippen molar-refractivity contribution < 1.29 is 17.9 Å². The number of amides is 1. The van der Waals surface area contributed by atoms with Crippen LogP contribution in [0.4, 0.5) is 5.69 Å². The molecule has 0 saturated carbocycles. The lowest BCUT2D eigenvalue weighted by Crippen LogP contribution is -2.44. The second-order valence-electron chi connectivity index (χ2n) is 7.95. The number of hydrogen-bond acceptors (Lipinski definition) is 5. The van der Waals surface area contributed by atoms with Gasteiger partial charge in [-0.05, 0) is 66.9 Å². The zero-order valence-electron chi connectivity index (χ0n) is 16.9. The first kappa shape index (κ1) is 19.7. The molecule has 0 aliphatic carbocycles. The number of nitrogens with zero attached hydrogens (tertiary/aromatic N) is 2. The van der Waals surface area contributed by atoms with E-state index in [4.69, 9.17) is 9.88 Å². The van der Waals surface area contributed by atoms with E-state index in [9.17, 15) is 13.2 Å². The van der Waals surface area contributed by atoms with Gasteiger partial charge in [0.25, 0.3) is 5.91 Å². The fourth-order valence-corrected chi connectivity index (χ4v) is 4.87. The highest BCUT2D eigenvalue weighted by Crippen LogP contribution is 2.38. The van der Waals surface area contributed by atoms with Crippen LogP contribution in [0.15, 0.2) is 65.7 Å². The van der Waals surface area contributed by atoms with E-state index in [0.29, 0.717) is 24.3 Å². The predicted octanol–water partition coefficient (Wildman–Crippen LogP) is 2.68. The Morgan fingerprint density at radius 2 is 1.94 bits per heavy atom. The Bertz CT molecular complexity index is 1290. The molecule has 7 nitrogen and oxygen atoms in total. The second kappa shape index (κ2) is 7.18. The Labute approximate surface area is 180 Å². The fraction of sp³-hybridized carbons (Fsp3) is 0.217. The third-order valence-corrected chi connectivity index (χ3v) is 6.72. The molecule has 8 heteroatoms. The van der Waals surface area contributed by atoms with E-state index in [1.165, 1.54) is 12.1 Å². The van der Waals surface area contributed by atoms with Crippen molar-refractivity contribution in [2.45, 2.75) is 36.8 Å². The first-order chi connectivity index (χ1) is 14.8. The van der Waals surface area contributed by atoms with Crippen LogP contribution < -0.4 is 14.8 Å². The zero-order chi connectivity index (χ0) is 21.8. The number of pyridine rings is 1. The molecular weight excluding hydrogens is 414 g/mol. The minimum Gasteiger partial charge on any atom is -0.480 e. The number of primary sulfonamides is 1. The lowest BCUT2D eigenvalue weighted by Gasteiger charge is -2.25. The molecule has 2 aliphatic rings. The first-order valence-electron chi connectivity index (χ1n) is 10.0. The SMILES string of the molecule is C[C@H]1Cc2ccc(S(N)(=O)=O)cc2N1C(=O)[C@H]1Cc2cc(-c3ccccn3)ccc2O1. The van der Waals surface area contributed by atoms with Gasteiger partial charge in [0.1, 0.15) is 5.75 Å². The quantitative estimate of drug-likeness (QED) is 0.681. The van der Waals surface area contributed by atoms with Crippen LogP contribution in [0.1, 0.15) is 18.1 Å². The van der Waals surface area contributed by atoms with Crippen LogP contribution in [0.5, 0.6) is 5.75 Å². The molecule has 2 aromatic carbocycles. The lowest BCUT2D eigenvalue weighted by atomic mass is 10.0. The highest BCUT2D eigenvalue weighted by atomic mass is 32.2. The van der Waals surface area contributed by atoms with Gasteiger partial charge >= 0.3 is 0 Å². The average molecular weight is 436 g/mol. The number of ether oxygens (including phenoxy) is 1. The maximum Gasteiger partial charge on any atom is 0.268 e. The Hall–Kier alpha value is -3.23. The smallest absolute Gasteiger partial charge is 0.268 e. The summed E-state index contributed by atoms with van der Waals surface area (Å²) in [6, 6.07) is 16.1. The summed E-state index contributed by atoms with van der Waals surface area (Å²) >= 11 is 0. The Kier molecular flexibility index (Phi) is 4.56. The van der Waals surface area contributed by atoms with Crippen LogP contribution in [-0.4, -0.2) is 31.5 Å². The van der Waals surface area contributed by atoms with Gasteiger partial charge in [0.2, 0.25) is 10.0 Å². The minimum atomic E-state index is -3.86. The number of hydrogen-bond donors (Lipinski definition) is 1. The van der Waals surface area contributed by atoms with Crippen molar-refractivity contribution in [3.8, 4) is 17.0 Å². The Balaban J connectivity index is 1.43. The number of fused-ring (bicyclic) bond motifs is 2. The van der Waals surface area contributed by atoms with Crippen LogP contribution in [0, 0.1) is 0 Å². The second-order valence-corrected chi connectivity index (χ2v) is 9.51. The van der Waals surface area contributed by atoms with Gasteiger partial charge in [-0.3, -0.25) is 9.78 Å². The summed E-state index contributed by atoms with van der Waals surface area (Å²) in [5.74, 6) is 0.497. The van der Waals surface area contributed by atoms with Crippen LogP contribution in [0.2, 0.25) is 0 Å². The van der Waals surface area contributed by atoms with E-state index in [1.54, 1.807) is 17.2 Å². The zero-order valence-corrected chi connectivity index (χ0v) is 17.7. The largest absolute Gasteiger partial charge is 0.480 e. The molecule has 1 amide bonds. The van der Waals surface area contributed by atoms with Crippen LogP contribution in [0.3, 0.4) is 0 Å². The molecule has 0 saturated heterocycles. The third-order valence-electron chi connectivity index (χ3n) is 5.81. The van der Waals surface area contributed by atoms with E-state index in [0.717, 1.165) is 22.4 Å². The van der Waals surface area contributed by atoms with Gasteiger partial charge in [-0.2, -0.15) is 0 Å². The summed E-state index contributed by atoms with van der Waals surface area (Å²) in [5, 5.41) is 5.29. The normalized spacial score (nSPS) is 19.6. The fourth-order valence-electron chi connectivity index (χ4n) is 4.33. The molecule has 0 fully saturated rings. The molecule has 2 aliphatic heterocycles. The van der Waals surface area contributed by atoms with E-state index in [1.807, 2.05) is 43.3 Å². The molecule has 3 heterocycles. The number of anilines is 1. The van der Waals surface area contributed by atoms with Gasteiger partial charge in [-0.15, -0.1) is 0 Å². The number of sulfonamides is 1. The van der Waals surface area contributed by atoms with Crippen molar-refractivity contribution in [2.24, 2.45) is 5.14 Å². The van der Waals surface area contributed by atoms with Crippen LogP contribution >= 0.6 is 0 Å². The predicted molar refractivity (Wildman–Crippen MR) is 116 cm³/mol. The summed E-state index contributed by atoms with van der Waals surface area (Å²) in [5.41, 5.74) is 4.28. The average Bonchev–Trinajstić information content (AvgIpc) is 3.32. The van der Waals surface area contributed by atoms with E-state index in [2.05, 4.69) is 4.98 Å². The highest BCUT2D eigenvalue weighted by Gasteiger charge is 2.39. The summed E-state index contributed by atoms with van der Waals surface area (Å²) < 4.78 is 29.6.